The quantitative estimate of drug-likeness (QED) is 0.203. The zero-order chi connectivity index (χ0) is 25.6. The molecule has 2 saturated heterocycles. The van der Waals surface area contributed by atoms with E-state index in [0.717, 1.165) is 25.6 Å². The van der Waals surface area contributed by atoms with Crippen LogP contribution in [-0.4, -0.2) is 106 Å². The molecule has 0 radical (unpaired) electrons. The van der Waals surface area contributed by atoms with Gasteiger partial charge < -0.3 is 43.7 Å². The van der Waals surface area contributed by atoms with Gasteiger partial charge in [0.1, 0.15) is 29.9 Å². The Balaban J connectivity index is 2.38. The second kappa shape index (κ2) is 12.8. The highest BCUT2D eigenvalue weighted by atomic mass is 32.2. The second-order valence-corrected chi connectivity index (χ2v) is 9.34. The van der Waals surface area contributed by atoms with Crippen LogP contribution in [0.3, 0.4) is 0 Å². The first-order chi connectivity index (χ1) is 16.0. The molecule has 0 bridgehead atoms. The molecular formula is C21H32O12S. The van der Waals surface area contributed by atoms with Gasteiger partial charge in [-0.05, 0) is 6.92 Å². The molecule has 2 fully saturated rings. The maximum absolute atomic E-state index is 11.9. The van der Waals surface area contributed by atoms with Crippen molar-refractivity contribution in [3.8, 4) is 0 Å². The summed E-state index contributed by atoms with van der Waals surface area (Å²) < 4.78 is 33.3. The maximum Gasteiger partial charge on any atom is 0.303 e. The summed E-state index contributed by atoms with van der Waals surface area (Å²) >= 11 is 1.11. The van der Waals surface area contributed by atoms with Gasteiger partial charge in [-0.3, -0.25) is 14.4 Å². The lowest BCUT2D eigenvalue weighted by Crippen LogP contribution is -2.63. The van der Waals surface area contributed by atoms with Crippen molar-refractivity contribution >= 4 is 29.7 Å². The Hall–Kier alpha value is -1.74. The predicted molar refractivity (Wildman–Crippen MR) is 116 cm³/mol. The minimum absolute atomic E-state index is 0.0116. The molecular weight excluding hydrogens is 476 g/mol. The van der Waals surface area contributed by atoms with Gasteiger partial charge in [0, 0.05) is 26.0 Å². The van der Waals surface area contributed by atoms with Crippen molar-refractivity contribution in [1.29, 1.82) is 0 Å². The third kappa shape index (κ3) is 7.13. The number of aliphatic hydroxyl groups is 3. The van der Waals surface area contributed by atoms with Gasteiger partial charge in [-0.25, -0.2) is 0 Å². The van der Waals surface area contributed by atoms with Crippen LogP contribution in [0.4, 0.5) is 0 Å². The van der Waals surface area contributed by atoms with Crippen LogP contribution in [0.2, 0.25) is 0 Å². The number of aliphatic hydroxyl groups excluding tert-OH is 3. The number of esters is 3. The number of hydrogen-bond acceptors (Lipinski definition) is 13. The molecule has 13 heteroatoms. The van der Waals surface area contributed by atoms with Crippen molar-refractivity contribution in [1.82, 2.24) is 0 Å². The predicted octanol–water partition coefficient (Wildman–Crippen LogP) is -0.730. The SMILES string of the molecule is C=CCO[C@@H]1O[C@H](CO)[C@H](O)[C@H](O)[C@H]1O[C@@H]1S[C@@H](C)[C@@H](OC(C)=O)[C@@H](OC(C)=O)[C@@H]1OC(C)=O. The molecule has 2 aliphatic rings. The molecule has 0 spiro atoms. The molecule has 0 aromatic rings. The minimum Gasteiger partial charge on any atom is -0.457 e. The Labute approximate surface area is 201 Å². The first-order valence-corrected chi connectivity index (χ1v) is 11.6. The van der Waals surface area contributed by atoms with Crippen LogP contribution < -0.4 is 0 Å². The van der Waals surface area contributed by atoms with Gasteiger partial charge >= 0.3 is 17.9 Å². The summed E-state index contributed by atoms with van der Waals surface area (Å²) in [5.74, 6) is -2.04. The molecule has 0 unspecified atom stereocenters. The summed E-state index contributed by atoms with van der Waals surface area (Å²) in [6.45, 7) is 8.18. The third-order valence-corrected chi connectivity index (χ3v) is 6.47. The first kappa shape index (κ1) is 28.5. The van der Waals surface area contributed by atoms with Gasteiger partial charge in [0.25, 0.3) is 0 Å². The van der Waals surface area contributed by atoms with Crippen LogP contribution in [0.25, 0.3) is 0 Å². The number of carbonyl (C=O) groups excluding carboxylic acids is 3. The number of hydrogen-bond donors (Lipinski definition) is 3. The van der Waals surface area contributed by atoms with Gasteiger partial charge in [0.2, 0.25) is 0 Å². The minimum atomic E-state index is -1.55. The molecule has 3 N–H and O–H groups in total. The third-order valence-electron chi connectivity index (χ3n) is 5.13. The van der Waals surface area contributed by atoms with E-state index in [1.807, 2.05) is 0 Å². The van der Waals surface area contributed by atoms with Gasteiger partial charge in [-0.15, -0.1) is 18.3 Å². The smallest absolute Gasteiger partial charge is 0.303 e. The average molecular weight is 509 g/mol. The Morgan fingerprint density at radius 2 is 1.50 bits per heavy atom. The lowest BCUT2D eigenvalue weighted by Gasteiger charge is -2.47. The lowest BCUT2D eigenvalue weighted by molar-refractivity contribution is -0.314. The molecule has 12 nitrogen and oxygen atoms in total. The Kier molecular flexibility index (Phi) is 10.7. The van der Waals surface area contributed by atoms with Crippen molar-refractivity contribution in [2.75, 3.05) is 13.2 Å². The fraction of sp³-hybridized carbons (Fsp3) is 0.762. The van der Waals surface area contributed by atoms with Crippen LogP contribution in [0.15, 0.2) is 12.7 Å². The topological polar surface area (TPSA) is 167 Å². The average Bonchev–Trinajstić information content (AvgIpc) is 2.75. The van der Waals surface area contributed by atoms with E-state index in [4.69, 9.17) is 28.4 Å². The van der Waals surface area contributed by atoms with Gasteiger partial charge in [0.05, 0.1) is 13.2 Å². The molecule has 0 aliphatic carbocycles. The summed E-state index contributed by atoms with van der Waals surface area (Å²) in [4.78, 5) is 35.4. The Morgan fingerprint density at radius 1 is 0.941 bits per heavy atom. The molecule has 2 aliphatic heterocycles. The number of rotatable bonds is 9. The summed E-state index contributed by atoms with van der Waals surface area (Å²) in [5, 5.41) is 30.0. The largest absolute Gasteiger partial charge is 0.457 e. The molecule has 0 aromatic carbocycles. The first-order valence-electron chi connectivity index (χ1n) is 10.7. The van der Waals surface area contributed by atoms with Crippen LogP contribution in [-0.2, 0) is 42.8 Å². The van der Waals surface area contributed by atoms with E-state index in [1.165, 1.54) is 13.0 Å². The van der Waals surface area contributed by atoms with E-state index >= 15 is 0 Å². The standard InChI is InChI=1S/C21H32O12S/c1-6-7-28-20-17(15(27)14(26)13(8-22)32-20)33-21-19(31-12(5)25)18(30-11(4)24)16(9(2)34-21)29-10(3)23/h6,9,13-22,26-27H,1,7-8H2,2-5H3/t9-,13+,14-,15-,16+,17+,18+,19-,20+,21+/m0/s1. The maximum atomic E-state index is 11.9. The molecule has 2 heterocycles. The van der Waals surface area contributed by atoms with Crippen LogP contribution in [0.5, 0.6) is 0 Å². The van der Waals surface area contributed by atoms with Crippen molar-refractivity contribution in [3.05, 3.63) is 12.7 Å². The summed E-state index contributed by atoms with van der Waals surface area (Å²) in [6, 6.07) is 0. The molecule has 0 aromatic heterocycles. The highest BCUT2D eigenvalue weighted by Gasteiger charge is 2.54. The van der Waals surface area contributed by atoms with Crippen molar-refractivity contribution in [3.63, 3.8) is 0 Å². The lowest BCUT2D eigenvalue weighted by atomic mass is 9.98. The second-order valence-electron chi connectivity index (χ2n) is 7.86. The van der Waals surface area contributed by atoms with Crippen LogP contribution in [0, 0.1) is 0 Å². The van der Waals surface area contributed by atoms with E-state index in [1.54, 1.807) is 6.92 Å². The highest BCUT2D eigenvalue weighted by Crippen LogP contribution is 2.40. The molecule has 34 heavy (non-hydrogen) atoms. The van der Waals surface area contributed by atoms with E-state index < -0.39 is 84.2 Å². The van der Waals surface area contributed by atoms with Crippen LogP contribution in [0.1, 0.15) is 27.7 Å². The number of carbonyl (C=O) groups is 3. The molecule has 194 valence electrons. The number of ether oxygens (including phenoxy) is 6. The van der Waals surface area contributed by atoms with E-state index in [9.17, 15) is 29.7 Å². The Bertz CT molecular complexity index is 733. The summed E-state index contributed by atoms with van der Waals surface area (Å²) in [7, 11) is 0. The monoisotopic (exact) mass is 508 g/mol. The van der Waals surface area contributed by atoms with Crippen molar-refractivity contribution in [2.45, 2.75) is 87.4 Å². The van der Waals surface area contributed by atoms with Gasteiger partial charge in [0.15, 0.2) is 24.6 Å². The normalized spacial score (nSPS) is 38.0. The fourth-order valence-corrected chi connectivity index (χ4v) is 5.08. The van der Waals surface area contributed by atoms with E-state index in [0.29, 0.717) is 0 Å². The zero-order valence-electron chi connectivity index (χ0n) is 19.4. The molecule has 0 amide bonds. The van der Waals surface area contributed by atoms with Gasteiger partial charge in [-0.2, -0.15) is 0 Å². The van der Waals surface area contributed by atoms with Crippen molar-refractivity contribution in [2.24, 2.45) is 0 Å². The zero-order valence-corrected chi connectivity index (χ0v) is 20.2. The molecule has 10 atom stereocenters. The molecule has 2 rings (SSSR count). The summed E-state index contributed by atoms with van der Waals surface area (Å²) in [5.41, 5.74) is -1.05. The van der Waals surface area contributed by atoms with Crippen molar-refractivity contribution < 1.29 is 58.1 Å². The van der Waals surface area contributed by atoms with Gasteiger partial charge in [-0.1, -0.05) is 6.08 Å². The summed E-state index contributed by atoms with van der Waals surface area (Å²) in [6.07, 6.45) is -8.67. The fourth-order valence-electron chi connectivity index (χ4n) is 3.73. The van der Waals surface area contributed by atoms with E-state index in [-0.39, 0.29) is 6.61 Å². The van der Waals surface area contributed by atoms with E-state index in [2.05, 4.69) is 6.58 Å². The highest BCUT2D eigenvalue weighted by molar-refractivity contribution is 8.00. The molecule has 0 saturated carbocycles. The Morgan fingerprint density at radius 3 is 2.03 bits per heavy atom. The number of thioether (sulfide) groups is 1. The van der Waals surface area contributed by atoms with Crippen LogP contribution >= 0.6 is 11.8 Å².